The van der Waals surface area contributed by atoms with Crippen LogP contribution in [0.15, 0.2) is 24.4 Å². The zero-order chi connectivity index (χ0) is 15.8. The van der Waals surface area contributed by atoms with E-state index in [1.807, 2.05) is 25.1 Å². The van der Waals surface area contributed by atoms with Crippen LogP contribution in [0.25, 0.3) is 10.7 Å². The van der Waals surface area contributed by atoms with Crippen molar-refractivity contribution < 1.29 is 4.79 Å². The van der Waals surface area contributed by atoms with E-state index in [-0.39, 0.29) is 5.91 Å². The molecule has 2 saturated carbocycles. The molecule has 120 valence electrons. The average molecular weight is 327 g/mol. The van der Waals surface area contributed by atoms with Crippen molar-refractivity contribution in [2.24, 2.45) is 0 Å². The number of amides is 1. The summed E-state index contributed by atoms with van der Waals surface area (Å²) < 4.78 is 0. The van der Waals surface area contributed by atoms with Gasteiger partial charge in [0.15, 0.2) is 0 Å². The lowest BCUT2D eigenvalue weighted by molar-refractivity contribution is 0.0668. The fourth-order valence-electron chi connectivity index (χ4n) is 3.48. The summed E-state index contributed by atoms with van der Waals surface area (Å²) in [6.07, 6.45) is 8.91. The Bertz CT molecular complexity index is 702. The van der Waals surface area contributed by atoms with Crippen LogP contribution in [-0.2, 0) is 0 Å². The van der Waals surface area contributed by atoms with Crippen molar-refractivity contribution in [3.05, 3.63) is 35.0 Å². The Kier molecular flexibility index (Phi) is 3.89. The van der Waals surface area contributed by atoms with Gasteiger partial charge in [-0.25, -0.2) is 4.98 Å². The number of nitrogens with zero attached hydrogens (tertiary/aromatic N) is 3. The van der Waals surface area contributed by atoms with Gasteiger partial charge in [0, 0.05) is 18.3 Å². The average Bonchev–Trinajstić information content (AvgIpc) is 3.09. The molecule has 0 N–H and O–H groups in total. The van der Waals surface area contributed by atoms with E-state index in [2.05, 4.69) is 14.9 Å². The van der Waals surface area contributed by atoms with Crippen LogP contribution >= 0.6 is 11.3 Å². The normalized spacial score (nSPS) is 18.3. The number of carbonyl (C=O) groups excluding carboxylic acids is 1. The molecule has 0 saturated heterocycles. The Labute approximate surface area is 140 Å². The second-order valence-corrected chi connectivity index (χ2v) is 7.53. The van der Waals surface area contributed by atoms with Crippen LogP contribution in [0.1, 0.15) is 53.9 Å². The number of rotatable bonds is 4. The molecule has 1 amide bonds. The van der Waals surface area contributed by atoms with Gasteiger partial charge in [0.2, 0.25) is 0 Å². The van der Waals surface area contributed by atoms with Gasteiger partial charge in [0.05, 0.1) is 11.4 Å². The predicted octanol–water partition coefficient (Wildman–Crippen LogP) is 4.06. The van der Waals surface area contributed by atoms with E-state index < -0.39 is 0 Å². The molecule has 4 nitrogen and oxygen atoms in total. The van der Waals surface area contributed by atoms with E-state index >= 15 is 0 Å². The van der Waals surface area contributed by atoms with E-state index in [1.54, 1.807) is 6.20 Å². The van der Waals surface area contributed by atoms with Gasteiger partial charge in [0.1, 0.15) is 9.88 Å². The van der Waals surface area contributed by atoms with Crippen molar-refractivity contribution in [3.8, 4) is 10.7 Å². The Balaban J connectivity index is 1.64. The highest BCUT2D eigenvalue weighted by molar-refractivity contribution is 7.17. The second kappa shape index (κ2) is 6.04. The molecular formula is C18H21N3OS. The summed E-state index contributed by atoms with van der Waals surface area (Å²) in [7, 11) is 0. The topological polar surface area (TPSA) is 46.1 Å². The Hall–Kier alpha value is -1.75. The molecule has 0 aromatic carbocycles. The molecule has 0 spiro atoms. The monoisotopic (exact) mass is 327 g/mol. The number of hydrogen-bond donors (Lipinski definition) is 0. The quantitative estimate of drug-likeness (QED) is 0.850. The van der Waals surface area contributed by atoms with E-state index in [0.717, 1.165) is 47.0 Å². The molecule has 0 radical (unpaired) electrons. The van der Waals surface area contributed by atoms with Gasteiger partial charge in [0.25, 0.3) is 5.91 Å². The highest BCUT2D eigenvalue weighted by Crippen LogP contribution is 2.37. The number of aryl methyl sites for hydroxylation is 1. The number of carbonyl (C=O) groups is 1. The van der Waals surface area contributed by atoms with Crippen LogP contribution in [0.2, 0.25) is 0 Å². The highest BCUT2D eigenvalue weighted by Gasteiger charge is 2.39. The van der Waals surface area contributed by atoms with E-state index in [0.29, 0.717) is 12.1 Å². The number of pyridine rings is 1. The van der Waals surface area contributed by atoms with Crippen LogP contribution in [0.3, 0.4) is 0 Å². The summed E-state index contributed by atoms with van der Waals surface area (Å²) in [5.74, 6) is 0.191. The minimum Gasteiger partial charge on any atom is -0.332 e. The highest BCUT2D eigenvalue weighted by atomic mass is 32.1. The van der Waals surface area contributed by atoms with Crippen molar-refractivity contribution in [3.63, 3.8) is 0 Å². The fraction of sp³-hybridized carbons (Fsp3) is 0.500. The van der Waals surface area contributed by atoms with Gasteiger partial charge in [-0.1, -0.05) is 18.9 Å². The van der Waals surface area contributed by atoms with Gasteiger partial charge >= 0.3 is 0 Å². The van der Waals surface area contributed by atoms with Crippen LogP contribution in [0, 0.1) is 6.92 Å². The summed E-state index contributed by atoms with van der Waals surface area (Å²) >= 11 is 1.49. The molecule has 5 heteroatoms. The van der Waals surface area contributed by atoms with Crippen molar-refractivity contribution in [2.45, 2.75) is 57.5 Å². The summed E-state index contributed by atoms with van der Waals surface area (Å²) in [6.45, 7) is 1.94. The second-order valence-electron chi connectivity index (χ2n) is 6.53. The third-order valence-corrected chi connectivity index (χ3v) is 5.94. The molecule has 0 atom stereocenters. The number of aromatic nitrogens is 2. The molecule has 0 bridgehead atoms. The summed E-state index contributed by atoms with van der Waals surface area (Å²) in [5, 5.41) is 0.841. The molecule has 2 aliphatic carbocycles. The van der Waals surface area contributed by atoms with Gasteiger partial charge in [-0.2, -0.15) is 0 Å². The molecule has 2 heterocycles. The van der Waals surface area contributed by atoms with E-state index in [1.165, 1.54) is 24.2 Å². The molecule has 2 aromatic heterocycles. The van der Waals surface area contributed by atoms with Gasteiger partial charge < -0.3 is 4.90 Å². The minimum absolute atomic E-state index is 0.191. The van der Waals surface area contributed by atoms with Crippen LogP contribution in [0.4, 0.5) is 0 Å². The maximum Gasteiger partial charge on any atom is 0.266 e. The first-order valence-electron chi connectivity index (χ1n) is 8.45. The lowest BCUT2D eigenvalue weighted by atomic mass is 10.2. The Morgan fingerprint density at radius 2 is 1.91 bits per heavy atom. The third-order valence-electron chi connectivity index (χ3n) is 4.77. The lowest BCUT2D eigenvalue weighted by Gasteiger charge is -2.28. The predicted molar refractivity (Wildman–Crippen MR) is 91.5 cm³/mol. The zero-order valence-corrected chi connectivity index (χ0v) is 14.2. The van der Waals surface area contributed by atoms with Gasteiger partial charge in [-0.15, -0.1) is 11.3 Å². The summed E-state index contributed by atoms with van der Waals surface area (Å²) in [6, 6.07) is 6.70. The number of hydrogen-bond acceptors (Lipinski definition) is 4. The van der Waals surface area contributed by atoms with Crippen molar-refractivity contribution >= 4 is 17.2 Å². The first-order valence-corrected chi connectivity index (χ1v) is 9.27. The molecule has 0 unspecified atom stereocenters. The molecule has 4 rings (SSSR count). The first-order chi connectivity index (χ1) is 11.2. The van der Waals surface area contributed by atoms with Crippen LogP contribution in [0.5, 0.6) is 0 Å². The molecule has 2 aromatic rings. The molecule has 2 aliphatic rings. The third kappa shape index (κ3) is 2.90. The van der Waals surface area contributed by atoms with Crippen molar-refractivity contribution in [1.29, 1.82) is 0 Å². The van der Waals surface area contributed by atoms with Crippen molar-refractivity contribution in [1.82, 2.24) is 14.9 Å². The zero-order valence-electron chi connectivity index (χ0n) is 13.4. The summed E-state index contributed by atoms with van der Waals surface area (Å²) in [4.78, 5) is 25.1. The Morgan fingerprint density at radius 3 is 2.57 bits per heavy atom. The van der Waals surface area contributed by atoms with Crippen molar-refractivity contribution in [2.75, 3.05) is 0 Å². The van der Waals surface area contributed by atoms with E-state index in [9.17, 15) is 4.79 Å². The molecular weight excluding hydrogens is 306 g/mol. The molecule has 0 aliphatic heterocycles. The smallest absolute Gasteiger partial charge is 0.266 e. The largest absolute Gasteiger partial charge is 0.332 e. The maximum absolute atomic E-state index is 13.2. The molecule has 23 heavy (non-hydrogen) atoms. The fourth-order valence-corrected chi connectivity index (χ4v) is 4.46. The van der Waals surface area contributed by atoms with Crippen LogP contribution in [-0.4, -0.2) is 32.9 Å². The lowest BCUT2D eigenvalue weighted by Crippen LogP contribution is -2.40. The standard InChI is InChI=1S/C18H21N3OS/c1-12-16(23-17(20-12)15-8-4-5-11-19-15)18(22)21(14-9-10-14)13-6-2-3-7-13/h4-5,8,11,13-14H,2-3,6-7,9-10H2,1H3. The maximum atomic E-state index is 13.2. The molecule has 2 fully saturated rings. The summed E-state index contributed by atoms with van der Waals surface area (Å²) in [5.41, 5.74) is 1.68. The SMILES string of the molecule is Cc1nc(-c2ccccn2)sc1C(=O)N(C1CCCC1)C1CC1. The van der Waals surface area contributed by atoms with Gasteiger partial charge in [-0.3, -0.25) is 9.78 Å². The van der Waals surface area contributed by atoms with Gasteiger partial charge in [-0.05, 0) is 44.7 Å². The Morgan fingerprint density at radius 1 is 1.17 bits per heavy atom. The minimum atomic E-state index is 0.191. The first kappa shape index (κ1) is 14.8. The number of thiazole rings is 1. The van der Waals surface area contributed by atoms with E-state index in [4.69, 9.17) is 0 Å². The van der Waals surface area contributed by atoms with Crippen LogP contribution < -0.4 is 0 Å².